The molecule has 2 N–H and O–H groups in total. The zero-order valence-electron chi connectivity index (χ0n) is 6.16. The lowest BCUT2D eigenvalue weighted by Gasteiger charge is -1.98. The molecule has 1 heterocycles. The van der Waals surface area contributed by atoms with Gasteiger partial charge in [0.25, 0.3) is 0 Å². The lowest BCUT2D eigenvalue weighted by Crippen LogP contribution is -2.14. The molecule has 0 bridgehead atoms. The summed E-state index contributed by atoms with van der Waals surface area (Å²) in [6, 6.07) is 0. The maximum Gasteiger partial charge on any atom is 0.221 e. The molecule has 0 aromatic carbocycles. The standard InChI is InChI=1S/C7H8N3O/c1-5-6(2-7(8)11)3-9-4-10-5/h3H,2H2,1H3,(H2,8,11). The van der Waals surface area contributed by atoms with Crippen LogP contribution in [0.3, 0.4) is 0 Å². The van der Waals surface area contributed by atoms with Gasteiger partial charge in [0.15, 0.2) is 6.33 Å². The van der Waals surface area contributed by atoms with Crippen LogP contribution in [0.15, 0.2) is 6.20 Å². The van der Waals surface area contributed by atoms with E-state index >= 15 is 0 Å². The first-order valence-electron chi connectivity index (χ1n) is 3.17. The van der Waals surface area contributed by atoms with Crippen LogP contribution in [-0.2, 0) is 11.2 Å². The number of rotatable bonds is 2. The second-order valence-electron chi connectivity index (χ2n) is 2.22. The molecule has 57 valence electrons. The Kier molecular flexibility index (Phi) is 2.15. The van der Waals surface area contributed by atoms with Gasteiger partial charge in [0.2, 0.25) is 5.91 Å². The van der Waals surface area contributed by atoms with Gasteiger partial charge >= 0.3 is 0 Å². The number of amides is 1. The van der Waals surface area contributed by atoms with E-state index in [1.165, 1.54) is 0 Å². The summed E-state index contributed by atoms with van der Waals surface area (Å²) in [4.78, 5) is 17.9. The molecule has 1 aromatic heterocycles. The van der Waals surface area contributed by atoms with E-state index in [0.717, 1.165) is 11.3 Å². The summed E-state index contributed by atoms with van der Waals surface area (Å²) in [5, 5.41) is 0. The minimum absolute atomic E-state index is 0.195. The van der Waals surface area contributed by atoms with Crippen LogP contribution in [0, 0.1) is 13.3 Å². The van der Waals surface area contributed by atoms with Crippen molar-refractivity contribution in [1.29, 1.82) is 0 Å². The molecular weight excluding hydrogens is 142 g/mol. The van der Waals surface area contributed by atoms with Crippen molar-refractivity contribution in [1.82, 2.24) is 9.97 Å². The number of carbonyl (C=O) groups excluding carboxylic acids is 1. The summed E-state index contributed by atoms with van der Waals surface area (Å²) in [6.45, 7) is 1.79. The van der Waals surface area contributed by atoms with Gasteiger partial charge < -0.3 is 5.73 Å². The largest absolute Gasteiger partial charge is 0.369 e. The summed E-state index contributed by atoms with van der Waals surface area (Å²) >= 11 is 0. The zero-order valence-corrected chi connectivity index (χ0v) is 6.16. The van der Waals surface area contributed by atoms with E-state index in [1.807, 2.05) is 0 Å². The highest BCUT2D eigenvalue weighted by Crippen LogP contribution is 2.00. The fourth-order valence-electron chi connectivity index (χ4n) is 0.737. The summed E-state index contributed by atoms with van der Waals surface area (Å²) in [6.07, 6.45) is 4.17. The van der Waals surface area contributed by atoms with Gasteiger partial charge in [0, 0.05) is 17.5 Å². The molecular formula is C7H8N3O. The zero-order chi connectivity index (χ0) is 8.27. The minimum Gasteiger partial charge on any atom is -0.369 e. The van der Waals surface area contributed by atoms with Gasteiger partial charge in [-0.05, 0) is 6.92 Å². The molecule has 1 rings (SSSR count). The van der Waals surface area contributed by atoms with Crippen LogP contribution in [0.4, 0.5) is 0 Å². The number of carbonyl (C=O) groups is 1. The number of nitrogens with zero attached hydrogens (tertiary/aromatic N) is 2. The highest BCUT2D eigenvalue weighted by molar-refractivity contribution is 5.76. The quantitative estimate of drug-likeness (QED) is 0.624. The van der Waals surface area contributed by atoms with E-state index in [9.17, 15) is 4.79 Å². The van der Waals surface area contributed by atoms with Gasteiger partial charge in [-0.3, -0.25) is 4.79 Å². The SMILES string of the molecule is Cc1n[c]ncc1CC(N)=O. The second-order valence-corrected chi connectivity index (χ2v) is 2.22. The number of hydrogen-bond donors (Lipinski definition) is 1. The number of aryl methyl sites for hydroxylation is 1. The van der Waals surface area contributed by atoms with Gasteiger partial charge in [-0.15, -0.1) is 0 Å². The Morgan fingerprint density at radius 2 is 2.55 bits per heavy atom. The Balaban J connectivity index is 2.86. The molecule has 0 saturated heterocycles. The molecule has 0 fully saturated rings. The average Bonchev–Trinajstić information content (AvgIpc) is 1.93. The van der Waals surface area contributed by atoms with Crippen molar-refractivity contribution in [3.05, 3.63) is 23.8 Å². The Labute approximate surface area is 64.5 Å². The lowest BCUT2D eigenvalue weighted by atomic mass is 10.2. The summed E-state index contributed by atoms with van der Waals surface area (Å²) in [5.74, 6) is -0.372. The second kappa shape index (κ2) is 3.09. The first kappa shape index (κ1) is 7.65. The molecule has 0 spiro atoms. The highest BCUT2D eigenvalue weighted by atomic mass is 16.1. The van der Waals surface area contributed by atoms with Crippen molar-refractivity contribution in [2.45, 2.75) is 13.3 Å². The van der Waals surface area contributed by atoms with Crippen molar-refractivity contribution in [3.63, 3.8) is 0 Å². The predicted molar refractivity (Wildman–Crippen MR) is 38.5 cm³/mol. The van der Waals surface area contributed by atoms with E-state index in [1.54, 1.807) is 13.1 Å². The number of hydrogen-bond acceptors (Lipinski definition) is 3. The normalized spacial score (nSPS) is 9.55. The van der Waals surface area contributed by atoms with Crippen LogP contribution in [-0.4, -0.2) is 15.9 Å². The van der Waals surface area contributed by atoms with Crippen LogP contribution in [0.25, 0.3) is 0 Å². The number of primary amides is 1. The smallest absolute Gasteiger partial charge is 0.221 e. The van der Waals surface area contributed by atoms with Gasteiger partial charge in [0.05, 0.1) is 6.42 Å². The van der Waals surface area contributed by atoms with E-state index in [4.69, 9.17) is 5.73 Å². The van der Waals surface area contributed by atoms with Gasteiger partial charge in [-0.2, -0.15) is 0 Å². The summed E-state index contributed by atoms with van der Waals surface area (Å²) in [5.41, 5.74) is 6.50. The monoisotopic (exact) mass is 150 g/mol. The number of aromatic nitrogens is 2. The van der Waals surface area contributed by atoms with Gasteiger partial charge in [-0.25, -0.2) is 9.97 Å². The molecule has 1 radical (unpaired) electrons. The van der Waals surface area contributed by atoms with Crippen LogP contribution in [0.5, 0.6) is 0 Å². The lowest BCUT2D eigenvalue weighted by molar-refractivity contribution is -0.117. The van der Waals surface area contributed by atoms with Gasteiger partial charge in [-0.1, -0.05) is 0 Å². The maximum absolute atomic E-state index is 10.5. The Bertz CT molecular complexity index is 272. The van der Waals surface area contributed by atoms with E-state index < -0.39 is 0 Å². The van der Waals surface area contributed by atoms with Crippen molar-refractivity contribution >= 4 is 5.91 Å². The molecule has 11 heavy (non-hydrogen) atoms. The maximum atomic E-state index is 10.5. The molecule has 4 nitrogen and oxygen atoms in total. The molecule has 0 aliphatic heterocycles. The Morgan fingerprint density at radius 3 is 3.09 bits per heavy atom. The van der Waals surface area contributed by atoms with Crippen molar-refractivity contribution in [2.24, 2.45) is 5.73 Å². The molecule has 1 amide bonds. The van der Waals surface area contributed by atoms with Crippen LogP contribution in [0.2, 0.25) is 0 Å². The fourth-order valence-corrected chi connectivity index (χ4v) is 0.737. The topological polar surface area (TPSA) is 68.9 Å². The van der Waals surface area contributed by atoms with Crippen molar-refractivity contribution in [3.8, 4) is 0 Å². The summed E-state index contributed by atoms with van der Waals surface area (Å²) in [7, 11) is 0. The van der Waals surface area contributed by atoms with E-state index in [0.29, 0.717) is 0 Å². The minimum atomic E-state index is -0.372. The summed E-state index contributed by atoms with van der Waals surface area (Å²) < 4.78 is 0. The van der Waals surface area contributed by atoms with E-state index in [2.05, 4.69) is 16.3 Å². The third-order valence-electron chi connectivity index (χ3n) is 1.33. The average molecular weight is 150 g/mol. The molecule has 0 aliphatic carbocycles. The Morgan fingerprint density at radius 1 is 1.82 bits per heavy atom. The van der Waals surface area contributed by atoms with Gasteiger partial charge in [0.1, 0.15) is 0 Å². The van der Waals surface area contributed by atoms with Crippen LogP contribution < -0.4 is 5.73 Å². The molecule has 0 atom stereocenters. The first-order chi connectivity index (χ1) is 5.20. The molecule has 0 saturated carbocycles. The predicted octanol–water partition coefficient (Wildman–Crippen LogP) is -0.387. The first-order valence-corrected chi connectivity index (χ1v) is 3.17. The molecule has 4 heteroatoms. The molecule has 0 aliphatic rings. The third kappa shape index (κ3) is 2.00. The van der Waals surface area contributed by atoms with Crippen molar-refractivity contribution < 1.29 is 4.79 Å². The highest BCUT2D eigenvalue weighted by Gasteiger charge is 2.01. The fraction of sp³-hybridized carbons (Fsp3) is 0.286. The van der Waals surface area contributed by atoms with E-state index in [-0.39, 0.29) is 12.3 Å². The van der Waals surface area contributed by atoms with Crippen LogP contribution in [0.1, 0.15) is 11.3 Å². The number of nitrogens with two attached hydrogens (primary N) is 1. The van der Waals surface area contributed by atoms with Crippen LogP contribution >= 0.6 is 0 Å². The third-order valence-corrected chi connectivity index (χ3v) is 1.33. The Hall–Kier alpha value is -1.45. The molecule has 1 aromatic rings. The molecule has 0 unspecified atom stereocenters. The van der Waals surface area contributed by atoms with Crippen molar-refractivity contribution in [2.75, 3.05) is 0 Å².